The Morgan fingerprint density at radius 1 is 1.35 bits per heavy atom. The van der Waals surface area contributed by atoms with E-state index < -0.39 is 11.1 Å². The quantitative estimate of drug-likeness (QED) is 0.545. The van der Waals surface area contributed by atoms with Crippen LogP contribution in [0.15, 0.2) is 0 Å². The topological polar surface area (TPSA) is 29.5 Å². The van der Waals surface area contributed by atoms with Gasteiger partial charge in [0, 0.05) is 6.54 Å². The van der Waals surface area contributed by atoms with E-state index in [4.69, 9.17) is 11.2 Å². The SMILES string of the molecule is C#CC(C)(C)N1CCC[C@H]1C(=O)OC(C)(C)C. The summed E-state index contributed by atoms with van der Waals surface area (Å²) in [5.41, 5.74) is -0.830. The Hall–Kier alpha value is -1.01. The predicted molar refractivity (Wildman–Crippen MR) is 68.5 cm³/mol. The molecule has 1 saturated heterocycles. The number of ether oxygens (including phenoxy) is 1. The molecule has 3 nitrogen and oxygen atoms in total. The number of nitrogens with zero attached hydrogens (tertiary/aromatic N) is 1. The molecule has 1 rings (SSSR count). The van der Waals surface area contributed by atoms with Crippen molar-refractivity contribution in [3.05, 3.63) is 0 Å². The smallest absolute Gasteiger partial charge is 0.323 e. The van der Waals surface area contributed by atoms with Crippen LogP contribution in [0.25, 0.3) is 0 Å². The van der Waals surface area contributed by atoms with Gasteiger partial charge < -0.3 is 4.74 Å². The first kappa shape index (κ1) is 14.1. The predicted octanol–water partition coefficient (Wildman–Crippen LogP) is 2.20. The lowest BCUT2D eigenvalue weighted by atomic mass is 10.0. The average Bonchev–Trinajstić information content (AvgIpc) is 2.63. The van der Waals surface area contributed by atoms with Gasteiger partial charge in [0.05, 0.1) is 5.54 Å². The van der Waals surface area contributed by atoms with E-state index in [-0.39, 0.29) is 12.0 Å². The molecule has 1 aliphatic heterocycles. The van der Waals surface area contributed by atoms with Crippen molar-refractivity contribution in [1.82, 2.24) is 4.90 Å². The molecule has 3 heteroatoms. The molecule has 1 aliphatic rings. The van der Waals surface area contributed by atoms with Gasteiger partial charge in [-0.05, 0) is 47.5 Å². The van der Waals surface area contributed by atoms with Crippen molar-refractivity contribution in [2.24, 2.45) is 0 Å². The van der Waals surface area contributed by atoms with Gasteiger partial charge in [-0.1, -0.05) is 5.92 Å². The maximum absolute atomic E-state index is 12.1. The number of hydrogen-bond acceptors (Lipinski definition) is 3. The average molecular weight is 237 g/mol. The molecule has 17 heavy (non-hydrogen) atoms. The number of hydrogen-bond donors (Lipinski definition) is 0. The Labute approximate surface area is 105 Å². The molecule has 0 bridgehead atoms. The van der Waals surface area contributed by atoms with Crippen molar-refractivity contribution in [1.29, 1.82) is 0 Å². The molecule has 96 valence electrons. The molecule has 0 N–H and O–H groups in total. The van der Waals surface area contributed by atoms with Gasteiger partial charge in [-0.25, -0.2) is 0 Å². The minimum atomic E-state index is -0.439. The first-order valence-corrected chi connectivity index (χ1v) is 6.15. The number of esters is 1. The molecule has 1 fully saturated rings. The fourth-order valence-corrected chi connectivity index (χ4v) is 2.13. The molecular formula is C14H23NO2. The second kappa shape index (κ2) is 4.70. The van der Waals surface area contributed by atoms with Gasteiger partial charge in [0.2, 0.25) is 0 Å². The Bertz CT molecular complexity index is 333. The minimum Gasteiger partial charge on any atom is -0.459 e. The molecule has 0 aromatic carbocycles. The number of terminal acetylenes is 1. The van der Waals surface area contributed by atoms with E-state index in [0.717, 1.165) is 19.4 Å². The van der Waals surface area contributed by atoms with E-state index in [9.17, 15) is 4.79 Å². The van der Waals surface area contributed by atoms with Gasteiger partial charge in [0.1, 0.15) is 11.6 Å². The first-order chi connectivity index (χ1) is 7.67. The van der Waals surface area contributed by atoms with Crippen LogP contribution >= 0.6 is 0 Å². The zero-order chi connectivity index (χ0) is 13.3. The summed E-state index contributed by atoms with van der Waals surface area (Å²) in [6, 6.07) is -0.194. The number of rotatable bonds is 2. The van der Waals surface area contributed by atoms with E-state index in [1.807, 2.05) is 34.6 Å². The van der Waals surface area contributed by atoms with Crippen molar-refractivity contribution < 1.29 is 9.53 Å². The third kappa shape index (κ3) is 3.47. The van der Waals surface area contributed by atoms with E-state index in [2.05, 4.69) is 10.8 Å². The molecule has 0 aliphatic carbocycles. The molecule has 0 unspecified atom stereocenters. The van der Waals surface area contributed by atoms with Crippen molar-refractivity contribution in [2.45, 2.75) is 64.6 Å². The van der Waals surface area contributed by atoms with Crippen LogP contribution < -0.4 is 0 Å². The maximum atomic E-state index is 12.1. The minimum absolute atomic E-state index is 0.154. The van der Waals surface area contributed by atoms with Crippen molar-refractivity contribution in [2.75, 3.05) is 6.54 Å². The highest BCUT2D eigenvalue weighted by atomic mass is 16.6. The van der Waals surface area contributed by atoms with Crippen LogP contribution in [0.1, 0.15) is 47.5 Å². The van der Waals surface area contributed by atoms with E-state index in [1.54, 1.807) is 0 Å². The van der Waals surface area contributed by atoms with Gasteiger partial charge in [0.15, 0.2) is 0 Å². The Balaban J connectivity index is 2.78. The van der Waals surface area contributed by atoms with Crippen LogP contribution in [-0.2, 0) is 9.53 Å². The standard InChI is InChI=1S/C14H23NO2/c1-7-14(5,6)15-10-8-9-11(15)12(16)17-13(2,3)4/h1,11H,8-10H2,2-6H3/t11-/m0/s1. The molecule has 0 radical (unpaired) electrons. The molecular weight excluding hydrogens is 214 g/mol. The third-order valence-corrected chi connectivity index (χ3v) is 3.00. The monoisotopic (exact) mass is 237 g/mol. The van der Waals surface area contributed by atoms with Crippen molar-refractivity contribution in [3.8, 4) is 12.3 Å². The second-order valence-electron chi connectivity index (χ2n) is 6.09. The molecule has 0 aromatic rings. The normalized spacial score (nSPS) is 22.2. The summed E-state index contributed by atoms with van der Waals surface area (Å²) < 4.78 is 5.44. The number of likely N-dealkylation sites (tertiary alicyclic amines) is 1. The Morgan fingerprint density at radius 3 is 2.41 bits per heavy atom. The highest BCUT2D eigenvalue weighted by Gasteiger charge is 2.40. The van der Waals surface area contributed by atoms with Crippen LogP contribution in [0.4, 0.5) is 0 Å². The Morgan fingerprint density at radius 2 is 1.94 bits per heavy atom. The molecule has 1 atom stereocenters. The molecule has 0 saturated carbocycles. The zero-order valence-electron chi connectivity index (χ0n) is 11.5. The fraction of sp³-hybridized carbons (Fsp3) is 0.786. The summed E-state index contributed by atoms with van der Waals surface area (Å²) in [5.74, 6) is 2.59. The third-order valence-electron chi connectivity index (χ3n) is 3.00. The lowest BCUT2D eigenvalue weighted by Gasteiger charge is -2.35. The summed E-state index contributed by atoms with van der Waals surface area (Å²) in [5, 5.41) is 0. The Kier molecular flexibility index (Phi) is 3.88. The molecule has 0 aromatic heterocycles. The zero-order valence-corrected chi connectivity index (χ0v) is 11.5. The second-order valence-corrected chi connectivity index (χ2v) is 6.09. The number of carbonyl (C=O) groups is 1. The first-order valence-electron chi connectivity index (χ1n) is 6.15. The van der Waals surface area contributed by atoms with Gasteiger partial charge in [-0.15, -0.1) is 6.42 Å². The summed E-state index contributed by atoms with van der Waals surface area (Å²) in [6.07, 6.45) is 7.36. The highest BCUT2D eigenvalue weighted by molar-refractivity contribution is 5.76. The van der Waals surface area contributed by atoms with Crippen LogP contribution in [0, 0.1) is 12.3 Å². The molecule has 1 heterocycles. The van der Waals surface area contributed by atoms with Gasteiger partial charge in [0.25, 0.3) is 0 Å². The van der Waals surface area contributed by atoms with Crippen LogP contribution in [0.2, 0.25) is 0 Å². The summed E-state index contributed by atoms with van der Waals surface area (Å²) in [7, 11) is 0. The van der Waals surface area contributed by atoms with Crippen molar-refractivity contribution in [3.63, 3.8) is 0 Å². The summed E-state index contributed by atoms with van der Waals surface area (Å²) in [4.78, 5) is 14.2. The van der Waals surface area contributed by atoms with E-state index in [0.29, 0.717) is 0 Å². The van der Waals surface area contributed by atoms with Crippen molar-refractivity contribution >= 4 is 5.97 Å². The highest BCUT2D eigenvalue weighted by Crippen LogP contribution is 2.28. The van der Waals surface area contributed by atoms with Gasteiger partial charge in [-0.2, -0.15) is 0 Å². The van der Waals surface area contributed by atoms with Crippen LogP contribution in [-0.4, -0.2) is 34.6 Å². The summed E-state index contributed by atoms with van der Waals surface area (Å²) >= 11 is 0. The maximum Gasteiger partial charge on any atom is 0.323 e. The van der Waals surface area contributed by atoms with Crippen LogP contribution in [0.5, 0.6) is 0 Å². The van der Waals surface area contributed by atoms with Gasteiger partial charge >= 0.3 is 5.97 Å². The molecule has 0 spiro atoms. The fourth-order valence-electron chi connectivity index (χ4n) is 2.13. The largest absolute Gasteiger partial charge is 0.459 e. The number of carbonyl (C=O) groups excluding carboxylic acids is 1. The van der Waals surface area contributed by atoms with E-state index in [1.165, 1.54) is 0 Å². The lowest BCUT2D eigenvalue weighted by molar-refractivity contribution is -0.161. The van der Waals surface area contributed by atoms with E-state index >= 15 is 0 Å². The lowest BCUT2D eigenvalue weighted by Crippen LogP contribution is -2.50. The van der Waals surface area contributed by atoms with Gasteiger partial charge in [-0.3, -0.25) is 9.69 Å². The summed E-state index contributed by atoms with van der Waals surface area (Å²) in [6.45, 7) is 10.5. The van der Waals surface area contributed by atoms with Crippen LogP contribution in [0.3, 0.4) is 0 Å². The molecule has 0 amide bonds.